The highest BCUT2D eigenvalue weighted by Gasteiger charge is 2.12. The summed E-state index contributed by atoms with van der Waals surface area (Å²) in [5.41, 5.74) is 0.00458. The van der Waals surface area contributed by atoms with Gasteiger partial charge in [0.2, 0.25) is 0 Å². The second kappa shape index (κ2) is 2.94. The smallest absolute Gasteiger partial charge is 0.159 e. The summed E-state index contributed by atoms with van der Waals surface area (Å²) in [6, 6.07) is 0. The van der Waals surface area contributed by atoms with Crippen LogP contribution in [0.2, 0.25) is 0 Å². The quantitative estimate of drug-likeness (QED) is 0.387. The van der Waals surface area contributed by atoms with Crippen LogP contribution in [0.4, 0.5) is 0 Å². The van der Waals surface area contributed by atoms with Crippen molar-refractivity contribution in [1.82, 2.24) is 5.32 Å². The molecule has 1 heterocycles. The van der Waals surface area contributed by atoms with Crippen molar-refractivity contribution < 1.29 is 10.2 Å². The third kappa shape index (κ3) is 1.43. The van der Waals surface area contributed by atoms with Gasteiger partial charge in [0.25, 0.3) is 0 Å². The number of dihydropyridines is 1. The Balaban J connectivity index is 2.68. The number of aliphatic hydroxyl groups excluding tert-OH is 2. The molecule has 4 heteroatoms. The summed E-state index contributed by atoms with van der Waals surface area (Å²) in [5.74, 6) is 0.0684. The van der Waals surface area contributed by atoms with Crippen LogP contribution in [0.1, 0.15) is 0 Å². The third-order valence-corrected chi connectivity index (χ3v) is 1.53. The molecule has 1 unspecified atom stereocenters. The summed E-state index contributed by atoms with van der Waals surface area (Å²) in [6.45, 7) is -0.0903. The average molecular weight is 162 g/mol. The third-order valence-electron chi connectivity index (χ3n) is 1.20. The van der Waals surface area contributed by atoms with Gasteiger partial charge in [-0.1, -0.05) is 11.6 Å². The van der Waals surface area contributed by atoms with Gasteiger partial charge in [0.1, 0.15) is 5.76 Å². The topological polar surface area (TPSA) is 52.5 Å². The highest BCUT2D eigenvalue weighted by molar-refractivity contribution is 6.22. The fraction of sp³-hybridized carbons (Fsp3) is 0.333. The molecule has 0 spiro atoms. The van der Waals surface area contributed by atoms with Gasteiger partial charge >= 0.3 is 0 Å². The Morgan fingerprint density at radius 3 is 2.80 bits per heavy atom. The predicted octanol–water partition coefficient (Wildman–Crippen LogP) is 0.473. The minimum Gasteiger partial charge on any atom is -0.509 e. The molecule has 0 saturated heterocycles. The van der Waals surface area contributed by atoms with E-state index in [-0.39, 0.29) is 12.4 Å². The molecule has 0 aromatic heterocycles. The Hall–Kier alpha value is -0.670. The number of halogens is 1. The molecule has 0 bridgehead atoms. The summed E-state index contributed by atoms with van der Waals surface area (Å²) in [4.78, 5) is 0. The summed E-state index contributed by atoms with van der Waals surface area (Å²) >= 11 is 5.56. The Kier molecular flexibility index (Phi) is 2.19. The first-order valence-electron chi connectivity index (χ1n) is 2.85. The first kappa shape index (κ1) is 7.44. The van der Waals surface area contributed by atoms with E-state index in [0.717, 1.165) is 0 Å². The van der Waals surface area contributed by atoms with E-state index in [1.807, 2.05) is 0 Å². The molecule has 1 atom stereocenters. The molecule has 1 aliphatic rings. The second-order valence-corrected chi connectivity index (χ2v) is 2.38. The largest absolute Gasteiger partial charge is 0.509 e. The highest BCUT2D eigenvalue weighted by atomic mass is 35.5. The van der Waals surface area contributed by atoms with Crippen LogP contribution in [0.3, 0.4) is 0 Å². The van der Waals surface area contributed by atoms with E-state index < -0.39 is 5.50 Å². The van der Waals surface area contributed by atoms with E-state index in [2.05, 4.69) is 5.32 Å². The Labute approximate surface area is 63.6 Å². The molecule has 0 amide bonds. The van der Waals surface area contributed by atoms with E-state index in [1.165, 1.54) is 6.08 Å². The van der Waals surface area contributed by atoms with Crippen LogP contribution in [0.5, 0.6) is 0 Å². The normalized spacial score (nSPS) is 24.8. The molecule has 0 aromatic carbocycles. The van der Waals surface area contributed by atoms with E-state index in [4.69, 9.17) is 21.8 Å². The lowest BCUT2D eigenvalue weighted by atomic mass is 10.3. The molecule has 0 radical (unpaired) electrons. The van der Waals surface area contributed by atoms with Gasteiger partial charge in [-0.15, -0.1) is 0 Å². The van der Waals surface area contributed by atoms with Crippen molar-refractivity contribution in [2.24, 2.45) is 0 Å². The van der Waals surface area contributed by atoms with Crippen molar-refractivity contribution in [2.75, 3.05) is 6.61 Å². The SMILES string of the molecule is OCC1=CC=C(O)C(Cl)N1. The summed E-state index contributed by atoms with van der Waals surface area (Å²) in [6.07, 6.45) is 3.04. The second-order valence-electron chi connectivity index (χ2n) is 1.95. The van der Waals surface area contributed by atoms with Crippen LogP contribution in [0, 0.1) is 0 Å². The maximum absolute atomic E-state index is 8.93. The van der Waals surface area contributed by atoms with Gasteiger partial charge in [0, 0.05) is 5.70 Å². The molecule has 0 saturated carbocycles. The van der Waals surface area contributed by atoms with E-state index in [0.29, 0.717) is 5.70 Å². The Bertz CT molecular complexity index is 188. The zero-order valence-electron chi connectivity index (χ0n) is 5.21. The minimum absolute atomic E-state index is 0.0684. The number of hydrogen-bond donors (Lipinski definition) is 3. The number of nitrogens with one attached hydrogen (secondary N) is 1. The molecule has 1 aliphatic heterocycles. The summed E-state index contributed by atoms with van der Waals surface area (Å²) in [5, 5.41) is 20.2. The molecule has 1 rings (SSSR count). The van der Waals surface area contributed by atoms with Crippen molar-refractivity contribution in [3.05, 3.63) is 23.6 Å². The highest BCUT2D eigenvalue weighted by Crippen LogP contribution is 2.10. The molecular formula is C6H8ClNO2. The first-order chi connectivity index (χ1) is 4.74. The van der Waals surface area contributed by atoms with Gasteiger partial charge in [-0.3, -0.25) is 0 Å². The van der Waals surface area contributed by atoms with Crippen molar-refractivity contribution in [2.45, 2.75) is 5.50 Å². The molecule has 0 aliphatic carbocycles. The molecular weight excluding hydrogens is 154 g/mol. The fourth-order valence-corrected chi connectivity index (χ4v) is 0.867. The van der Waals surface area contributed by atoms with Crippen LogP contribution in [0.25, 0.3) is 0 Å². The number of allylic oxidation sites excluding steroid dienone is 2. The van der Waals surface area contributed by atoms with Crippen LogP contribution in [0.15, 0.2) is 23.6 Å². The lowest BCUT2D eigenvalue weighted by Gasteiger charge is -2.17. The zero-order valence-corrected chi connectivity index (χ0v) is 5.97. The Morgan fingerprint density at radius 2 is 2.30 bits per heavy atom. The summed E-state index contributed by atoms with van der Waals surface area (Å²) in [7, 11) is 0. The van der Waals surface area contributed by atoms with Crippen LogP contribution >= 0.6 is 11.6 Å². The van der Waals surface area contributed by atoms with Gasteiger partial charge in [-0.05, 0) is 12.2 Å². The maximum atomic E-state index is 8.93. The van der Waals surface area contributed by atoms with Gasteiger partial charge in [0.15, 0.2) is 5.50 Å². The zero-order chi connectivity index (χ0) is 7.56. The molecule has 10 heavy (non-hydrogen) atoms. The molecule has 0 aromatic rings. The van der Waals surface area contributed by atoms with Crippen molar-refractivity contribution in [3.8, 4) is 0 Å². The van der Waals surface area contributed by atoms with Gasteiger partial charge < -0.3 is 15.5 Å². The van der Waals surface area contributed by atoms with Crippen molar-refractivity contribution in [1.29, 1.82) is 0 Å². The number of alkyl halides is 1. The molecule has 3 N–H and O–H groups in total. The van der Waals surface area contributed by atoms with Crippen molar-refractivity contribution >= 4 is 11.6 Å². The van der Waals surface area contributed by atoms with Gasteiger partial charge in [-0.25, -0.2) is 0 Å². The monoisotopic (exact) mass is 161 g/mol. The number of rotatable bonds is 1. The van der Waals surface area contributed by atoms with Gasteiger partial charge in [0.05, 0.1) is 6.61 Å². The maximum Gasteiger partial charge on any atom is 0.159 e. The molecule has 0 fully saturated rings. The Morgan fingerprint density at radius 1 is 1.60 bits per heavy atom. The standard InChI is InChI=1S/C6H8ClNO2/c7-6-5(10)2-1-4(3-9)8-6/h1-2,6,8-10H,3H2. The number of hydrogen-bond acceptors (Lipinski definition) is 3. The van der Waals surface area contributed by atoms with E-state index in [1.54, 1.807) is 6.08 Å². The summed E-state index contributed by atoms with van der Waals surface area (Å²) < 4.78 is 0. The average Bonchev–Trinajstić information content (AvgIpc) is 1.95. The lowest BCUT2D eigenvalue weighted by Crippen LogP contribution is -2.29. The van der Waals surface area contributed by atoms with Crippen molar-refractivity contribution in [3.63, 3.8) is 0 Å². The molecule has 3 nitrogen and oxygen atoms in total. The molecule has 56 valence electrons. The van der Waals surface area contributed by atoms with E-state index >= 15 is 0 Å². The predicted molar refractivity (Wildman–Crippen MR) is 38.7 cm³/mol. The first-order valence-corrected chi connectivity index (χ1v) is 3.29. The van der Waals surface area contributed by atoms with Gasteiger partial charge in [-0.2, -0.15) is 0 Å². The lowest BCUT2D eigenvalue weighted by molar-refractivity contribution is 0.312. The van der Waals surface area contributed by atoms with E-state index in [9.17, 15) is 0 Å². The van der Waals surface area contributed by atoms with Crippen LogP contribution < -0.4 is 5.32 Å². The van der Waals surface area contributed by atoms with Crippen LogP contribution in [-0.4, -0.2) is 22.3 Å². The fourth-order valence-electron chi connectivity index (χ4n) is 0.654. The van der Waals surface area contributed by atoms with Crippen LogP contribution in [-0.2, 0) is 0 Å². The minimum atomic E-state index is -0.604. The number of aliphatic hydroxyl groups is 2.